The van der Waals surface area contributed by atoms with Gasteiger partial charge in [-0.2, -0.15) is 0 Å². The average Bonchev–Trinajstić information content (AvgIpc) is 3.09. The molecule has 0 radical (unpaired) electrons. The predicted octanol–water partition coefficient (Wildman–Crippen LogP) is 3.49. The van der Waals surface area contributed by atoms with E-state index < -0.39 is 4.92 Å². The zero-order chi connectivity index (χ0) is 15.0. The summed E-state index contributed by atoms with van der Waals surface area (Å²) < 4.78 is 1.89. The van der Waals surface area contributed by atoms with Gasteiger partial charge in [-0.05, 0) is 34.8 Å². The molecule has 6 nitrogen and oxygen atoms in total. The molecule has 7 heteroatoms. The Labute approximate surface area is 129 Å². The largest absolute Gasteiger partial charge is 0.294 e. The topological polar surface area (TPSA) is 80.9 Å². The number of nitrogens with one attached hydrogen (secondary N) is 1. The minimum Gasteiger partial charge on any atom is -0.294 e. The lowest BCUT2D eigenvalue weighted by Gasteiger charge is -2.07. The summed E-state index contributed by atoms with van der Waals surface area (Å²) in [7, 11) is 0. The Morgan fingerprint density at radius 2 is 2.05 bits per heavy atom. The normalized spacial score (nSPS) is 15.5. The van der Waals surface area contributed by atoms with Crippen LogP contribution in [0.25, 0.3) is 5.69 Å². The van der Waals surface area contributed by atoms with Crippen molar-refractivity contribution in [3.05, 3.63) is 54.9 Å². The molecule has 0 saturated heterocycles. The van der Waals surface area contributed by atoms with Crippen molar-refractivity contribution in [2.75, 3.05) is 0 Å². The molecule has 2 aromatic rings. The van der Waals surface area contributed by atoms with Crippen LogP contribution in [0.3, 0.4) is 0 Å². The van der Waals surface area contributed by atoms with Crippen molar-refractivity contribution in [3.63, 3.8) is 0 Å². The van der Waals surface area contributed by atoms with Gasteiger partial charge in [0.05, 0.1) is 16.3 Å². The van der Waals surface area contributed by atoms with Gasteiger partial charge in [0.2, 0.25) is 0 Å². The highest BCUT2D eigenvalue weighted by molar-refractivity contribution is 9.10. The standard InChI is InChI=1S/C14H14BrN3O3/c15-12-13(9-4-1-2-5-9)16-17(14(12)19)10-6-3-7-11(8-10)18(20)21/h3,6-9,16H,1-2,4-5H2. The molecule has 1 fully saturated rings. The van der Waals surface area contributed by atoms with E-state index in [1.54, 1.807) is 12.1 Å². The Morgan fingerprint density at radius 3 is 2.71 bits per heavy atom. The Kier molecular flexibility index (Phi) is 3.67. The smallest absolute Gasteiger partial charge is 0.285 e. The fourth-order valence-corrected chi connectivity index (χ4v) is 3.44. The molecule has 1 aromatic carbocycles. The van der Waals surface area contributed by atoms with Crippen molar-refractivity contribution in [3.8, 4) is 5.69 Å². The Morgan fingerprint density at radius 1 is 1.33 bits per heavy atom. The molecule has 1 heterocycles. The molecule has 0 aliphatic heterocycles. The highest BCUT2D eigenvalue weighted by atomic mass is 79.9. The number of rotatable bonds is 3. The van der Waals surface area contributed by atoms with Gasteiger partial charge >= 0.3 is 0 Å². The van der Waals surface area contributed by atoms with Crippen LogP contribution in [0.5, 0.6) is 0 Å². The number of nitro benzene ring substituents is 1. The first-order valence-corrected chi connectivity index (χ1v) is 7.62. The van der Waals surface area contributed by atoms with Crippen LogP contribution in [0.1, 0.15) is 37.3 Å². The monoisotopic (exact) mass is 351 g/mol. The van der Waals surface area contributed by atoms with Gasteiger partial charge in [0.15, 0.2) is 0 Å². The quantitative estimate of drug-likeness (QED) is 0.678. The molecule has 0 spiro atoms. The first-order chi connectivity index (χ1) is 10.1. The number of aromatic nitrogens is 2. The molecule has 1 aromatic heterocycles. The summed E-state index contributed by atoms with van der Waals surface area (Å²) in [4.78, 5) is 22.7. The summed E-state index contributed by atoms with van der Waals surface area (Å²) in [6, 6.07) is 6.05. The molecule has 1 aliphatic rings. The van der Waals surface area contributed by atoms with Crippen molar-refractivity contribution < 1.29 is 4.92 Å². The van der Waals surface area contributed by atoms with Gasteiger partial charge in [0.1, 0.15) is 4.47 Å². The minimum absolute atomic E-state index is 0.0347. The third-order valence-electron chi connectivity index (χ3n) is 3.92. The molecule has 0 bridgehead atoms. The number of hydrogen-bond acceptors (Lipinski definition) is 3. The third kappa shape index (κ3) is 2.53. The minimum atomic E-state index is -0.468. The van der Waals surface area contributed by atoms with Crippen LogP contribution in [0.2, 0.25) is 0 Å². The van der Waals surface area contributed by atoms with E-state index in [0.29, 0.717) is 16.1 Å². The lowest BCUT2D eigenvalue weighted by Crippen LogP contribution is -2.14. The molecule has 0 atom stereocenters. The number of benzene rings is 1. The van der Waals surface area contributed by atoms with Crippen LogP contribution in [0, 0.1) is 10.1 Å². The highest BCUT2D eigenvalue weighted by Gasteiger charge is 2.24. The van der Waals surface area contributed by atoms with Gasteiger partial charge in [0, 0.05) is 18.1 Å². The van der Waals surface area contributed by atoms with Gasteiger partial charge in [-0.15, -0.1) is 0 Å². The number of non-ortho nitro benzene ring substituents is 1. The summed E-state index contributed by atoms with van der Waals surface area (Å²) >= 11 is 3.36. The summed E-state index contributed by atoms with van der Waals surface area (Å²) in [6.45, 7) is 0. The van der Waals surface area contributed by atoms with Gasteiger partial charge in [0.25, 0.3) is 11.2 Å². The lowest BCUT2D eigenvalue weighted by atomic mass is 10.1. The second-order valence-corrected chi connectivity index (χ2v) is 6.03. The summed E-state index contributed by atoms with van der Waals surface area (Å²) in [5.41, 5.74) is 1.12. The lowest BCUT2D eigenvalue weighted by molar-refractivity contribution is -0.384. The summed E-state index contributed by atoms with van der Waals surface area (Å²) in [5, 5.41) is 14.0. The van der Waals surface area contributed by atoms with E-state index in [0.717, 1.165) is 18.5 Å². The number of aromatic amines is 1. The Bertz CT molecular complexity index is 744. The molecular weight excluding hydrogens is 338 g/mol. The van der Waals surface area contributed by atoms with E-state index in [9.17, 15) is 14.9 Å². The zero-order valence-electron chi connectivity index (χ0n) is 11.2. The maximum absolute atomic E-state index is 12.3. The Balaban J connectivity index is 2.07. The van der Waals surface area contributed by atoms with Gasteiger partial charge in [-0.25, -0.2) is 4.68 Å². The number of halogens is 1. The number of nitro groups is 1. The first-order valence-electron chi connectivity index (χ1n) is 6.83. The van der Waals surface area contributed by atoms with Crippen LogP contribution in [0.4, 0.5) is 5.69 Å². The average molecular weight is 352 g/mol. The fraction of sp³-hybridized carbons (Fsp3) is 0.357. The second kappa shape index (κ2) is 5.48. The molecular formula is C14H14BrN3O3. The van der Waals surface area contributed by atoms with E-state index in [1.807, 2.05) is 0 Å². The maximum atomic E-state index is 12.3. The van der Waals surface area contributed by atoms with Gasteiger partial charge in [-0.1, -0.05) is 18.9 Å². The molecule has 0 unspecified atom stereocenters. The van der Waals surface area contributed by atoms with Crippen molar-refractivity contribution in [2.45, 2.75) is 31.6 Å². The van der Waals surface area contributed by atoms with Crippen LogP contribution < -0.4 is 5.56 Å². The van der Waals surface area contributed by atoms with Crippen molar-refractivity contribution in [2.24, 2.45) is 0 Å². The van der Waals surface area contributed by atoms with E-state index in [4.69, 9.17) is 0 Å². The van der Waals surface area contributed by atoms with Crippen LogP contribution >= 0.6 is 15.9 Å². The first kappa shape index (κ1) is 14.1. The van der Waals surface area contributed by atoms with E-state index in [-0.39, 0.29) is 11.2 Å². The van der Waals surface area contributed by atoms with Gasteiger partial charge in [-0.3, -0.25) is 20.0 Å². The summed E-state index contributed by atoms with van der Waals surface area (Å²) in [5.74, 6) is 0.354. The van der Waals surface area contributed by atoms with Crippen molar-refractivity contribution in [1.82, 2.24) is 9.78 Å². The summed E-state index contributed by atoms with van der Waals surface area (Å²) in [6.07, 6.45) is 4.46. The number of hydrogen-bond donors (Lipinski definition) is 1. The Hall–Kier alpha value is -1.89. The van der Waals surface area contributed by atoms with Gasteiger partial charge < -0.3 is 0 Å². The molecule has 21 heavy (non-hydrogen) atoms. The number of H-pyrrole nitrogens is 1. The van der Waals surface area contributed by atoms with Crippen LogP contribution in [-0.4, -0.2) is 14.7 Å². The molecule has 1 saturated carbocycles. The molecule has 1 N–H and O–H groups in total. The van der Waals surface area contributed by atoms with E-state index in [2.05, 4.69) is 21.0 Å². The molecule has 0 amide bonds. The molecule has 110 valence electrons. The third-order valence-corrected chi connectivity index (χ3v) is 4.69. The van der Waals surface area contributed by atoms with Crippen LogP contribution in [-0.2, 0) is 0 Å². The van der Waals surface area contributed by atoms with Crippen LogP contribution in [0.15, 0.2) is 33.5 Å². The zero-order valence-corrected chi connectivity index (χ0v) is 12.8. The van der Waals surface area contributed by atoms with Crippen molar-refractivity contribution in [1.29, 1.82) is 0 Å². The predicted molar refractivity (Wildman–Crippen MR) is 82.0 cm³/mol. The maximum Gasteiger partial charge on any atom is 0.285 e. The van der Waals surface area contributed by atoms with E-state index in [1.165, 1.54) is 29.7 Å². The van der Waals surface area contributed by atoms with Crippen molar-refractivity contribution >= 4 is 21.6 Å². The fourth-order valence-electron chi connectivity index (χ4n) is 2.85. The highest BCUT2D eigenvalue weighted by Crippen LogP contribution is 2.35. The molecule has 3 rings (SSSR count). The second-order valence-electron chi connectivity index (χ2n) is 5.24. The number of nitrogens with zero attached hydrogens (tertiary/aromatic N) is 2. The van der Waals surface area contributed by atoms with E-state index >= 15 is 0 Å². The molecule has 1 aliphatic carbocycles. The SMILES string of the molecule is O=c1c(Br)c(C2CCCC2)[nH]n1-c1cccc([N+](=O)[O-])c1.